The molecule has 0 amide bonds. The molecule has 0 saturated heterocycles. The van der Waals surface area contributed by atoms with Crippen LogP contribution in [0.5, 0.6) is 69.0 Å². The molecule has 0 N–H and O–H groups in total. The fourth-order valence-corrected chi connectivity index (χ4v) is 17.9. The van der Waals surface area contributed by atoms with Gasteiger partial charge in [0.25, 0.3) is 0 Å². The summed E-state index contributed by atoms with van der Waals surface area (Å²) in [7, 11) is -0.660. The first kappa shape index (κ1) is 99.4. The lowest BCUT2D eigenvalue weighted by Gasteiger charge is -2.33. The molecule has 1 unspecified atom stereocenters. The first-order valence-corrected chi connectivity index (χ1v) is 47.4. The number of ether oxygens (including phenoxy) is 8. The molecule has 0 aromatic heterocycles. The standard InChI is InChI=1S/C30H25F3O3.C30H28O3.2C29H28O4S/c1-20-4-6-21(7-5-20)28(34)22-8-14-26(15-9-22)36-27-18-12-24(13-19-27)29(2,30(31,32)33)23-10-16-25(35-3)17-11-23;1-21-5-7-22(8-6-21)29(31)23-9-15-27(16-10-23)33-28-19-13-25(14-20-28)30(2,3)24-11-17-26(32-4)18-12-24;2*1-21-5-17-27(18-6-21)34(30,31)28-19-15-26(16-20-28)33-25-13-9-23(10-14-25)29(2,3)22-7-11-24(32-4)12-8-22/h4-19H,1-3H3;5-20H,1-4H3;2*5-20H,1-4H3. The third kappa shape index (κ3) is 24.2. The van der Waals surface area contributed by atoms with Crippen LogP contribution < -0.4 is 37.9 Å². The molecule has 0 radical (unpaired) electrons. The van der Waals surface area contributed by atoms with Gasteiger partial charge in [-0.25, -0.2) is 16.8 Å². The molecule has 137 heavy (non-hydrogen) atoms. The number of rotatable bonds is 28. The number of ketones is 2. The zero-order valence-electron chi connectivity index (χ0n) is 79.1. The minimum Gasteiger partial charge on any atom is -0.497 e. The fraction of sp³-hybridized carbons (Fsp3) is 0.169. The number of hydrogen-bond donors (Lipinski definition) is 0. The highest BCUT2D eigenvalue weighted by Crippen LogP contribution is 2.48. The third-order valence-electron chi connectivity index (χ3n) is 24.6. The molecule has 16 aromatic rings. The lowest BCUT2D eigenvalue weighted by atomic mass is 9.75. The van der Waals surface area contributed by atoms with Crippen molar-refractivity contribution in [1.82, 2.24) is 0 Å². The summed E-state index contributed by atoms with van der Waals surface area (Å²) in [6.45, 7) is 22.1. The molecule has 0 spiro atoms. The fourth-order valence-electron chi connectivity index (χ4n) is 15.3. The van der Waals surface area contributed by atoms with E-state index >= 15 is 0 Å². The van der Waals surface area contributed by atoms with E-state index in [1.54, 1.807) is 167 Å². The highest BCUT2D eigenvalue weighted by Gasteiger charge is 2.53. The number of sulfone groups is 2. The van der Waals surface area contributed by atoms with Gasteiger partial charge in [-0.1, -0.05) is 234 Å². The topological polar surface area (TPSA) is 176 Å². The van der Waals surface area contributed by atoms with Crippen molar-refractivity contribution in [3.05, 3.63) is 477 Å². The van der Waals surface area contributed by atoms with E-state index in [2.05, 4.69) is 114 Å². The number of alkyl halides is 3. The maximum absolute atomic E-state index is 14.3. The van der Waals surface area contributed by atoms with Crippen LogP contribution in [-0.2, 0) is 41.3 Å². The second-order valence-corrected chi connectivity index (χ2v) is 38.8. The molecular weight excluding hydrogens is 1760 g/mol. The lowest BCUT2D eigenvalue weighted by molar-refractivity contribution is -0.173. The zero-order valence-corrected chi connectivity index (χ0v) is 80.7. The molecule has 0 aliphatic carbocycles. The summed E-state index contributed by atoms with van der Waals surface area (Å²) in [6.07, 6.45) is -4.52. The minimum absolute atomic E-state index is 0.00617. The predicted octanol–water partition coefficient (Wildman–Crippen LogP) is 29.2. The van der Waals surface area contributed by atoms with Crippen molar-refractivity contribution in [2.45, 2.75) is 124 Å². The maximum atomic E-state index is 14.3. The Morgan fingerprint density at radius 3 is 0.518 bits per heavy atom. The summed E-state index contributed by atoms with van der Waals surface area (Å²) >= 11 is 0. The van der Waals surface area contributed by atoms with Crippen LogP contribution in [0.25, 0.3) is 0 Å². The Labute approximate surface area is 801 Å². The Morgan fingerprint density at radius 2 is 0.343 bits per heavy atom. The van der Waals surface area contributed by atoms with Gasteiger partial charge in [-0.05, 0) is 298 Å². The maximum Gasteiger partial charge on any atom is 0.402 e. The molecule has 1 atom stereocenters. The summed E-state index contributed by atoms with van der Waals surface area (Å²) in [6, 6.07) is 116. The number of methoxy groups -OCH3 is 4. The van der Waals surface area contributed by atoms with Crippen molar-refractivity contribution < 1.29 is 77.5 Å². The first-order valence-electron chi connectivity index (χ1n) is 44.4. The van der Waals surface area contributed by atoms with Crippen molar-refractivity contribution in [2.75, 3.05) is 28.4 Å². The van der Waals surface area contributed by atoms with E-state index in [1.807, 2.05) is 149 Å². The van der Waals surface area contributed by atoms with Gasteiger partial charge >= 0.3 is 6.18 Å². The molecule has 0 fully saturated rings. The highest BCUT2D eigenvalue weighted by atomic mass is 32.2. The number of halogens is 3. The van der Waals surface area contributed by atoms with E-state index in [-0.39, 0.29) is 58.5 Å². The molecule has 19 heteroatoms. The largest absolute Gasteiger partial charge is 0.497 e. The van der Waals surface area contributed by atoms with E-state index in [1.165, 1.54) is 77.9 Å². The second kappa shape index (κ2) is 43.1. The first-order chi connectivity index (χ1) is 65.4. The van der Waals surface area contributed by atoms with Crippen LogP contribution in [0.3, 0.4) is 0 Å². The van der Waals surface area contributed by atoms with Crippen LogP contribution in [0.4, 0.5) is 13.2 Å². The quantitative estimate of drug-likeness (QED) is 0.0423. The smallest absolute Gasteiger partial charge is 0.402 e. The molecular formula is C118H109F3O14S2. The van der Waals surface area contributed by atoms with Gasteiger partial charge in [-0.3, -0.25) is 9.59 Å². The molecule has 14 nitrogen and oxygen atoms in total. The summed E-state index contributed by atoms with van der Waals surface area (Å²) < 4.78 is 139. The summed E-state index contributed by atoms with van der Waals surface area (Å²) in [5.41, 5.74) is 11.2. The molecule has 698 valence electrons. The number of carbonyl (C=O) groups excluding carboxylic acids is 2. The molecule has 0 aliphatic heterocycles. The van der Waals surface area contributed by atoms with E-state index in [9.17, 15) is 39.6 Å². The molecule has 16 aromatic carbocycles. The van der Waals surface area contributed by atoms with E-state index < -0.39 is 31.3 Å². The minimum atomic E-state index is -4.52. The van der Waals surface area contributed by atoms with Crippen LogP contribution in [-0.4, -0.2) is 63.0 Å². The van der Waals surface area contributed by atoms with E-state index in [0.29, 0.717) is 68.2 Å². The normalized spacial score (nSPS) is 12.0. The van der Waals surface area contributed by atoms with Gasteiger partial charge in [-0.15, -0.1) is 0 Å². The van der Waals surface area contributed by atoms with Crippen molar-refractivity contribution in [3.8, 4) is 69.0 Å². The molecule has 0 bridgehead atoms. The number of hydrogen-bond acceptors (Lipinski definition) is 14. The zero-order chi connectivity index (χ0) is 98.0. The van der Waals surface area contributed by atoms with Gasteiger partial charge in [0.05, 0.1) is 48.0 Å². The SMILES string of the molecule is COc1ccc(C(C)(C)c2ccc(Oc3ccc(C(=O)c4ccc(C)cc4)cc3)cc2)cc1.COc1ccc(C(C)(C)c2ccc(Oc3ccc(S(=O)(=O)c4ccc(C)cc4)cc3)cc2)cc1.COc1ccc(C(C)(C)c2ccc(Oc3ccc(S(=O)(=O)c4ccc(C)cc4)cc3)cc2)cc1.COc1ccc(C(C)(c2ccc(Oc3ccc(C(=O)c4ccc(C)cc4)cc3)cc2)C(F)(F)F)cc1. The Balaban J connectivity index is 0.000000154. The van der Waals surface area contributed by atoms with Crippen molar-refractivity contribution in [3.63, 3.8) is 0 Å². The number of aryl methyl sites for hydroxylation is 4. The Morgan fingerprint density at radius 1 is 0.204 bits per heavy atom. The monoisotopic (exact) mass is 1870 g/mol. The van der Waals surface area contributed by atoms with Gasteiger partial charge in [0.15, 0.2) is 11.6 Å². The Bertz CT molecular complexity index is 6750. The Kier molecular flexibility index (Phi) is 31.3. The molecule has 16 rings (SSSR count). The molecule has 0 aliphatic rings. The average molecular weight is 1870 g/mol. The lowest BCUT2D eigenvalue weighted by Crippen LogP contribution is -2.40. The summed E-state index contributed by atoms with van der Waals surface area (Å²) in [5.74, 6) is 7.72. The van der Waals surface area contributed by atoms with Crippen LogP contribution in [0.15, 0.2) is 408 Å². The average Bonchev–Trinajstić information content (AvgIpc) is 0.750. The van der Waals surface area contributed by atoms with Crippen molar-refractivity contribution in [1.29, 1.82) is 0 Å². The number of benzene rings is 16. The van der Waals surface area contributed by atoms with Crippen LogP contribution in [0.2, 0.25) is 0 Å². The van der Waals surface area contributed by atoms with Gasteiger partial charge in [-0.2, -0.15) is 13.2 Å². The summed E-state index contributed by atoms with van der Waals surface area (Å²) in [5, 5.41) is 0. The van der Waals surface area contributed by atoms with Crippen molar-refractivity contribution in [2.24, 2.45) is 0 Å². The number of carbonyl (C=O) groups is 2. The van der Waals surface area contributed by atoms with Crippen LogP contribution in [0.1, 0.15) is 147 Å². The van der Waals surface area contributed by atoms with Gasteiger partial charge in [0, 0.05) is 38.5 Å². The van der Waals surface area contributed by atoms with Crippen molar-refractivity contribution >= 4 is 31.2 Å². The summed E-state index contributed by atoms with van der Waals surface area (Å²) in [4.78, 5) is 26.3. The van der Waals surface area contributed by atoms with Gasteiger partial charge in [0.1, 0.15) is 74.4 Å². The molecule has 0 saturated carbocycles. The third-order valence-corrected chi connectivity index (χ3v) is 28.1. The van der Waals surface area contributed by atoms with Gasteiger partial charge in [0.2, 0.25) is 19.7 Å². The van der Waals surface area contributed by atoms with Crippen LogP contribution >= 0.6 is 0 Å². The highest BCUT2D eigenvalue weighted by molar-refractivity contribution is 7.91. The predicted molar refractivity (Wildman–Crippen MR) is 535 cm³/mol. The molecule has 0 heterocycles. The second-order valence-electron chi connectivity index (χ2n) is 34.9. The van der Waals surface area contributed by atoms with E-state index in [4.69, 9.17) is 37.9 Å². The van der Waals surface area contributed by atoms with Crippen LogP contribution in [0, 0.1) is 27.7 Å². The van der Waals surface area contributed by atoms with Gasteiger partial charge < -0.3 is 37.9 Å². The Hall–Kier alpha value is -15.1. The van der Waals surface area contributed by atoms with E-state index in [0.717, 1.165) is 63.3 Å².